The van der Waals surface area contributed by atoms with E-state index in [1.165, 1.54) is 0 Å². The number of fused-ring (bicyclic) bond motifs is 6. The van der Waals surface area contributed by atoms with Gasteiger partial charge >= 0.3 is 0 Å². The average Bonchev–Trinajstić information content (AvgIpc) is 3.59. The van der Waals surface area contributed by atoms with E-state index in [0.717, 1.165) is 60.6 Å². The third-order valence-corrected chi connectivity index (χ3v) is 8.52. The molecule has 0 amide bonds. The van der Waals surface area contributed by atoms with Crippen molar-refractivity contribution in [2.24, 2.45) is 0 Å². The van der Waals surface area contributed by atoms with Crippen LogP contribution >= 0.6 is 0 Å². The highest BCUT2D eigenvalue weighted by Gasteiger charge is 2.25. The number of nitriles is 3. The Morgan fingerprint density at radius 1 is 0.478 bits per heavy atom. The fourth-order valence-electron chi connectivity index (χ4n) is 6.70. The van der Waals surface area contributed by atoms with Crippen LogP contribution in [0, 0.1) is 47.8 Å². The molecule has 5 aromatic carbocycles. The zero-order chi connectivity index (χ0) is 31.5. The highest BCUT2D eigenvalue weighted by molar-refractivity contribution is 6.12. The lowest BCUT2D eigenvalue weighted by Gasteiger charge is -2.20. The second-order valence-electron chi connectivity index (χ2n) is 11.4. The van der Waals surface area contributed by atoms with Crippen molar-refractivity contribution in [2.45, 2.75) is 13.8 Å². The maximum Gasteiger partial charge on any atom is 0.163 e. The van der Waals surface area contributed by atoms with Crippen LogP contribution in [0.5, 0.6) is 0 Å². The third kappa shape index (κ3) is 3.95. The summed E-state index contributed by atoms with van der Waals surface area (Å²) < 4.78 is 4.22. The molecule has 0 aliphatic rings. The number of benzene rings is 5. The van der Waals surface area contributed by atoms with Gasteiger partial charge in [-0.25, -0.2) is 9.97 Å². The van der Waals surface area contributed by atoms with Crippen LogP contribution in [0.3, 0.4) is 0 Å². The molecule has 0 spiro atoms. The van der Waals surface area contributed by atoms with E-state index in [4.69, 9.17) is 9.97 Å². The molecule has 8 aromatic rings. The van der Waals surface area contributed by atoms with Gasteiger partial charge < -0.3 is 9.13 Å². The summed E-state index contributed by atoms with van der Waals surface area (Å²) in [6.45, 7) is 3.89. The molecule has 8 rings (SSSR count). The largest absolute Gasteiger partial charge is 0.308 e. The number of hydrogen-bond acceptors (Lipinski definition) is 5. The van der Waals surface area contributed by atoms with Gasteiger partial charge in [0.1, 0.15) is 0 Å². The molecule has 3 aromatic heterocycles. The molecule has 0 fully saturated rings. The number of hydrogen-bond donors (Lipinski definition) is 0. The fraction of sp³-hybridized carbons (Fsp3) is 0.0513. The van der Waals surface area contributed by atoms with Crippen LogP contribution in [0.4, 0.5) is 0 Å². The van der Waals surface area contributed by atoms with Crippen molar-refractivity contribution in [3.63, 3.8) is 0 Å². The van der Waals surface area contributed by atoms with Crippen LogP contribution in [-0.2, 0) is 0 Å². The van der Waals surface area contributed by atoms with Crippen molar-refractivity contribution in [3.8, 4) is 41.0 Å². The SMILES string of the molecule is Cc1cc(C)nc(-c2c(-n3c4ccccc4c4ccc(C#N)cc43)cc(C#N)cc2-n2c3ccccc3c3ccc(C#N)cc32)n1. The lowest BCUT2D eigenvalue weighted by atomic mass is 10.0. The molecule has 7 nitrogen and oxygen atoms in total. The Labute approximate surface area is 264 Å². The molecule has 7 heteroatoms. The Morgan fingerprint density at radius 2 is 0.913 bits per heavy atom. The summed E-state index contributed by atoms with van der Waals surface area (Å²) in [4.78, 5) is 9.93. The summed E-state index contributed by atoms with van der Waals surface area (Å²) in [5, 5.41) is 34.2. The molecule has 0 unspecified atom stereocenters. The molecule has 214 valence electrons. The highest BCUT2D eigenvalue weighted by atomic mass is 15.0. The molecule has 0 atom stereocenters. The van der Waals surface area contributed by atoms with Gasteiger partial charge in [-0.05, 0) is 68.4 Å². The number of nitrogens with zero attached hydrogens (tertiary/aromatic N) is 7. The molecule has 0 aliphatic carbocycles. The van der Waals surface area contributed by atoms with Crippen LogP contribution in [0.25, 0.3) is 66.4 Å². The van der Waals surface area contributed by atoms with Crippen LogP contribution in [0.2, 0.25) is 0 Å². The number of rotatable bonds is 3. The Balaban J connectivity index is 1.63. The Bertz CT molecular complexity index is 2530. The van der Waals surface area contributed by atoms with E-state index in [9.17, 15) is 15.8 Å². The Morgan fingerprint density at radius 3 is 1.37 bits per heavy atom. The lowest BCUT2D eigenvalue weighted by molar-refractivity contribution is 1.04. The Kier molecular flexibility index (Phi) is 5.93. The van der Waals surface area contributed by atoms with E-state index in [0.29, 0.717) is 33.9 Å². The van der Waals surface area contributed by atoms with E-state index in [1.807, 2.05) is 105 Å². The normalized spacial score (nSPS) is 11.2. The van der Waals surface area contributed by atoms with Crippen LogP contribution in [0.1, 0.15) is 28.1 Å². The third-order valence-electron chi connectivity index (χ3n) is 8.52. The summed E-state index contributed by atoms with van der Waals surface area (Å²) in [5.74, 6) is 0.511. The van der Waals surface area contributed by atoms with Crippen molar-refractivity contribution in [1.29, 1.82) is 15.8 Å². The van der Waals surface area contributed by atoms with Crippen molar-refractivity contribution in [2.75, 3.05) is 0 Å². The van der Waals surface area contributed by atoms with Gasteiger partial charge in [-0.3, -0.25) is 0 Å². The molecule has 0 bridgehead atoms. The molecule has 0 N–H and O–H groups in total. The molecule has 3 heterocycles. The summed E-state index contributed by atoms with van der Waals surface area (Å²) in [6, 6.07) is 40.3. The second kappa shape index (κ2) is 10.2. The summed E-state index contributed by atoms with van der Waals surface area (Å²) >= 11 is 0. The van der Waals surface area contributed by atoms with Crippen molar-refractivity contribution in [1.82, 2.24) is 19.1 Å². The van der Waals surface area contributed by atoms with Gasteiger partial charge in [0.25, 0.3) is 0 Å². The molecule has 0 aliphatic heterocycles. The smallest absolute Gasteiger partial charge is 0.163 e. The predicted octanol–water partition coefficient (Wildman–Crippen LogP) is 8.57. The maximum absolute atomic E-state index is 10.5. The average molecular weight is 590 g/mol. The zero-order valence-electron chi connectivity index (χ0n) is 24.9. The molecule has 46 heavy (non-hydrogen) atoms. The minimum absolute atomic E-state index is 0.447. The monoisotopic (exact) mass is 589 g/mol. The topological polar surface area (TPSA) is 107 Å². The van der Waals surface area contributed by atoms with E-state index >= 15 is 0 Å². The number of para-hydroxylation sites is 2. The van der Waals surface area contributed by atoms with Gasteiger partial charge in [0, 0.05) is 32.9 Å². The van der Waals surface area contributed by atoms with E-state index < -0.39 is 0 Å². The zero-order valence-corrected chi connectivity index (χ0v) is 24.9. The second-order valence-corrected chi connectivity index (χ2v) is 11.4. The van der Waals surface area contributed by atoms with Crippen LogP contribution in [0.15, 0.2) is 103 Å². The first-order chi connectivity index (χ1) is 22.5. The van der Waals surface area contributed by atoms with Crippen molar-refractivity contribution in [3.05, 3.63) is 131 Å². The minimum Gasteiger partial charge on any atom is -0.308 e. The number of aryl methyl sites for hydroxylation is 2. The van der Waals surface area contributed by atoms with Gasteiger partial charge in [-0.1, -0.05) is 48.5 Å². The Hall–Kier alpha value is -6.75. The van der Waals surface area contributed by atoms with E-state index in [2.05, 4.69) is 39.5 Å². The van der Waals surface area contributed by atoms with Crippen molar-refractivity contribution >= 4 is 43.6 Å². The van der Waals surface area contributed by atoms with Gasteiger partial charge in [-0.15, -0.1) is 0 Å². The van der Waals surface area contributed by atoms with Gasteiger partial charge in [0.15, 0.2) is 5.82 Å². The van der Waals surface area contributed by atoms with Crippen molar-refractivity contribution < 1.29 is 0 Å². The molecule has 0 saturated heterocycles. The maximum atomic E-state index is 10.5. The standard InChI is InChI=1S/C39H23N7/c1-23-15-24(2)44-39(43-23)38-36(45-32-9-5-3-7-28(32)30-13-11-25(20-40)16-34(30)45)18-27(22-42)19-37(38)46-33-10-6-4-8-29(33)31-14-12-26(21-41)17-35(31)46/h3-19H,1-2H3. The first kappa shape index (κ1) is 26.8. The summed E-state index contributed by atoms with van der Waals surface area (Å²) in [6.07, 6.45) is 0. The first-order valence-corrected chi connectivity index (χ1v) is 14.8. The van der Waals surface area contributed by atoms with E-state index in [-0.39, 0.29) is 0 Å². The summed E-state index contributed by atoms with van der Waals surface area (Å²) in [7, 11) is 0. The van der Waals surface area contributed by atoms with Gasteiger partial charge in [0.05, 0.1) is 73.9 Å². The summed E-state index contributed by atoms with van der Waals surface area (Å²) in [5.41, 5.74) is 8.79. The molecular formula is C39H23N7. The molecule has 0 saturated carbocycles. The number of aromatic nitrogens is 4. The van der Waals surface area contributed by atoms with Gasteiger partial charge in [0.2, 0.25) is 0 Å². The van der Waals surface area contributed by atoms with Gasteiger partial charge in [-0.2, -0.15) is 15.8 Å². The quantitative estimate of drug-likeness (QED) is 0.205. The van der Waals surface area contributed by atoms with E-state index in [1.54, 1.807) is 0 Å². The minimum atomic E-state index is 0.447. The van der Waals surface area contributed by atoms with Crippen LogP contribution < -0.4 is 0 Å². The first-order valence-electron chi connectivity index (χ1n) is 14.8. The molecular weight excluding hydrogens is 566 g/mol. The highest BCUT2D eigenvalue weighted by Crippen LogP contribution is 2.42. The predicted molar refractivity (Wildman–Crippen MR) is 180 cm³/mol. The van der Waals surface area contributed by atoms with Crippen LogP contribution in [-0.4, -0.2) is 19.1 Å². The fourth-order valence-corrected chi connectivity index (χ4v) is 6.70. The molecule has 0 radical (unpaired) electrons. The lowest BCUT2D eigenvalue weighted by Crippen LogP contribution is -2.07.